The third-order valence-electron chi connectivity index (χ3n) is 3.80. The third kappa shape index (κ3) is 1.67. The van der Waals surface area contributed by atoms with Gasteiger partial charge in [0.15, 0.2) is 0 Å². The van der Waals surface area contributed by atoms with Crippen molar-refractivity contribution in [2.75, 3.05) is 0 Å². The molecule has 0 aliphatic heterocycles. The molecule has 1 heterocycles. The van der Waals surface area contributed by atoms with E-state index in [4.69, 9.17) is 5.73 Å². The first-order valence-electron chi connectivity index (χ1n) is 6.13. The van der Waals surface area contributed by atoms with E-state index in [1.54, 1.807) is 6.20 Å². The van der Waals surface area contributed by atoms with Crippen LogP contribution in [-0.2, 0) is 5.54 Å². The molecule has 1 aliphatic carbocycles. The third-order valence-corrected chi connectivity index (χ3v) is 3.80. The summed E-state index contributed by atoms with van der Waals surface area (Å²) in [4.78, 5) is 0. The van der Waals surface area contributed by atoms with Gasteiger partial charge in [-0.25, -0.2) is 4.68 Å². The van der Waals surface area contributed by atoms with Gasteiger partial charge >= 0.3 is 0 Å². The summed E-state index contributed by atoms with van der Waals surface area (Å²) in [5.41, 5.74) is 8.63. The van der Waals surface area contributed by atoms with Gasteiger partial charge in [-0.3, -0.25) is 0 Å². The molecule has 0 amide bonds. The van der Waals surface area contributed by atoms with Crippen molar-refractivity contribution in [1.82, 2.24) is 9.78 Å². The Morgan fingerprint density at radius 1 is 1.47 bits per heavy atom. The Hall–Kier alpha value is -1.61. The highest BCUT2D eigenvalue weighted by atomic mass is 15.3. The van der Waals surface area contributed by atoms with Crippen LogP contribution in [0.5, 0.6) is 0 Å². The fourth-order valence-electron chi connectivity index (χ4n) is 2.57. The van der Waals surface area contributed by atoms with Gasteiger partial charge in [-0.1, -0.05) is 25.5 Å². The maximum atomic E-state index is 6.42. The fourth-order valence-corrected chi connectivity index (χ4v) is 2.57. The minimum atomic E-state index is -0.0993. The zero-order chi connectivity index (χ0) is 11.9. The Kier molecular flexibility index (Phi) is 2.30. The molecular formula is C14H17N3. The van der Waals surface area contributed by atoms with Crippen LogP contribution in [0.3, 0.4) is 0 Å². The van der Waals surface area contributed by atoms with E-state index < -0.39 is 0 Å². The number of hydrogen-bond donors (Lipinski definition) is 1. The van der Waals surface area contributed by atoms with Crippen LogP contribution in [0, 0.1) is 5.92 Å². The van der Waals surface area contributed by atoms with Crippen LogP contribution < -0.4 is 5.73 Å². The second-order valence-electron chi connectivity index (χ2n) is 4.85. The summed E-state index contributed by atoms with van der Waals surface area (Å²) in [6.45, 7) is 2.20. The highest BCUT2D eigenvalue weighted by Crippen LogP contribution is 2.51. The van der Waals surface area contributed by atoms with E-state index in [1.807, 2.05) is 16.9 Å². The van der Waals surface area contributed by atoms with Crippen LogP contribution in [0.25, 0.3) is 5.69 Å². The van der Waals surface area contributed by atoms with Crippen LogP contribution in [0.4, 0.5) is 0 Å². The molecule has 3 rings (SSSR count). The molecule has 1 aromatic heterocycles. The predicted octanol–water partition coefficient (Wildman–Crippen LogP) is 2.46. The zero-order valence-corrected chi connectivity index (χ0v) is 10.0. The lowest BCUT2D eigenvalue weighted by molar-refractivity contribution is 0.614. The van der Waals surface area contributed by atoms with Gasteiger partial charge in [0.2, 0.25) is 0 Å². The lowest BCUT2D eigenvalue weighted by atomic mass is 10.0. The highest BCUT2D eigenvalue weighted by Gasteiger charge is 2.50. The number of nitrogens with two attached hydrogens (primary N) is 1. The summed E-state index contributed by atoms with van der Waals surface area (Å²) in [6.07, 6.45) is 6.00. The molecule has 0 saturated heterocycles. The largest absolute Gasteiger partial charge is 0.321 e. The predicted molar refractivity (Wildman–Crippen MR) is 67.8 cm³/mol. The van der Waals surface area contributed by atoms with Crippen molar-refractivity contribution in [3.8, 4) is 5.69 Å². The first kappa shape index (κ1) is 10.5. The Morgan fingerprint density at radius 3 is 3.00 bits per heavy atom. The summed E-state index contributed by atoms with van der Waals surface area (Å²) in [5.74, 6) is 0.635. The molecule has 2 atom stereocenters. The topological polar surface area (TPSA) is 43.8 Å². The molecule has 1 fully saturated rings. The fraction of sp³-hybridized carbons (Fsp3) is 0.357. The van der Waals surface area contributed by atoms with Crippen molar-refractivity contribution in [1.29, 1.82) is 0 Å². The second kappa shape index (κ2) is 3.70. The first-order valence-corrected chi connectivity index (χ1v) is 6.13. The maximum Gasteiger partial charge on any atom is 0.0648 e. The number of aromatic nitrogens is 2. The van der Waals surface area contributed by atoms with Crippen LogP contribution in [-0.4, -0.2) is 9.78 Å². The molecule has 2 N–H and O–H groups in total. The second-order valence-corrected chi connectivity index (χ2v) is 4.85. The molecule has 17 heavy (non-hydrogen) atoms. The van der Waals surface area contributed by atoms with Crippen LogP contribution in [0.1, 0.15) is 25.3 Å². The van der Waals surface area contributed by atoms with Gasteiger partial charge in [0.1, 0.15) is 0 Å². The van der Waals surface area contributed by atoms with E-state index in [9.17, 15) is 0 Å². The molecule has 0 bridgehead atoms. The highest BCUT2D eigenvalue weighted by molar-refractivity contribution is 5.41. The quantitative estimate of drug-likeness (QED) is 0.875. The Morgan fingerprint density at radius 2 is 2.35 bits per heavy atom. The van der Waals surface area contributed by atoms with E-state index in [1.165, 1.54) is 5.56 Å². The van der Waals surface area contributed by atoms with Crippen molar-refractivity contribution in [3.05, 3.63) is 48.3 Å². The van der Waals surface area contributed by atoms with E-state index in [-0.39, 0.29) is 5.54 Å². The van der Waals surface area contributed by atoms with Gasteiger partial charge in [-0.2, -0.15) is 5.10 Å². The first-order chi connectivity index (χ1) is 8.24. The monoisotopic (exact) mass is 227 g/mol. The Labute approximate surface area is 101 Å². The van der Waals surface area contributed by atoms with Gasteiger partial charge in [-0.05, 0) is 36.1 Å². The van der Waals surface area contributed by atoms with E-state index in [0.717, 1.165) is 18.5 Å². The molecule has 1 saturated carbocycles. The zero-order valence-electron chi connectivity index (χ0n) is 10.0. The van der Waals surface area contributed by atoms with Gasteiger partial charge in [0.25, 0.3) is 0 Å². The summed E-state index contributed by atoms with van der Waals surface area (Å²) < 4.78 is 1.87. The maximum absolute atomic E-state index is 6.42. The van der Waals surface area contributed by atoms with Crippen LogP contribution in [0.2, 0.25) is 0 Å². The van der Waals surface area contributed by atoms with Crippen LogP contribution >= 0.6 is 0 Å². The molecule has 88 valence electrons. The molecular weight excluding hydrogens is 210 g/mol. The van der Waals surface area contributed by atoms with Gasteiger partial charge in [-0.15, -0.1) is 0 Å². The molecule has 1 aliphatic rings. The molecule has 2 aromatic rings. The Bertz CT molecular complexity index is 518. The van der Waals surface area contributed by atoms with Gasteiger partial charge < -0.3 is 5.73 Å². The van der Waals surface area contributed by atoms with Gasteiger partial charge in [0.05, 0.1) is 5.69 Å². The minimum absolute atomic E-state index is 0.0993. The average molecular weight is 227 g/mol. The lowest BCUT2D eigenvalue weighted by Gasteiger charge is -2.13. The molecule has 1 aromatic carbocycles. The van der Waals surface area contributed by atoms with E-state index in [0.29, 0.717) is 5.92 Å². The van der Waals surface area contributed by atoms with Crippen molar-refractivity contribution in [3.63, 3.8) is 0 Å². The molecule has 0 unspecified atom stereocenters. The molecule has 3 nitrogen and oxygen atoms in total. The molecule has 3 heteroatoms. The number of hydrogen-bond acceptors (Lipinski definition) is 2. The summed E-state index contributed by atoms with van der Waals surface area (Å²) in [6, 6.07) is 10.3. The summed E-state index contributed by atoms with van der Waals surface area (Å²) in [5, 5.41) is 4.25. The minimum Gasteiger partial charge on any atom is -0.321 e. The van der Waals surface area contributed by atoms with Crippen molar-refractivity contribution in [2.24, 2.45) is 11.7 Å². The van der Waals surface area contributed by atoms with Crippen LogP contribution in [0.15, 0.2) is 42.7 Å². The summed E-state index contributed by atoms with van der Waals surface area (Å²) >= 11 is 0. The normalized spacial score (nSPS) is 27.1. The molecule has 0 spiro atoms. The average Bonchev–Trinajstić information content (AvgIpc) is 2.81. The SMILES string of the molecule is CC[C@H]1C[C@]1(N)c1cccc(-n2cccn2)c1. The number of benzene rings is 1. The van der Waals surface area contributed by atoms with Crippen molar-refractivity contribution >= 4 is 0 Å². The van der Waals surface area contributed by atoms with Gasteiger partial charge in [0, 0.05) is 17.9 Å². The number of nitrogens with zero attached hydrogens (tertiary/aromatic N) is 2. The van der Waals surface area contributed by atoms with E-state index >= 15 is 0 Å². The summed E-state index contributed by atoms with van der Waals surface area (Å²) in [7, 11) is 0. The smallest absolute Gasteiger partial charge is 0.0648 e. The van der Waals surface area contributed by atoms with E-state index in [2.05, 4.69) is 36.3 Å². The number of rotatable bonds is 3. The van der Waals surface area contributed by atoms with Crippen molar-refractivity contribution in [2.45, 2.75) is 25.3 Å². The molecule has 0 radical (unpaired) electrons. The standard InChI is InChI=1S/C14H17N3/c1-2-11-10-14(11,15)12-5-3-6-13(9-12)17-8-4-7-16-17/h3-9,11H,2,10,15H2,1H3/t11-,14+/m0/s1. The lowest BCUT2D eigenvalue weighted by Crippen LogP contribution is -2.22. The van der Waals surface area contributed by atoms with Crippen molar-refractivity contribution < 1.29 is 0 Å². The Balaban J connectivity index is 1.96.